The maximum Gasteiger partial charge on any atom is 0.0991 e. The standard InChI is InChI=1S/C15H12Br2N2/c16-14-5-4-13(7-15(14)17)10-19-9-12-3-1-2-11(6-12)8-18/h1-7,19H,9-10H2. The molecular formula is C15H12Br2N2. The summed E-state index contributed by atoms with van der Waals surface area (Å²) in [5, 5.41) is 12.2. The molecule has 0 fully saturated rings. The van der Waals surface area contributed by atoms with E-state index in [2.05, 4.69) is 55.4 Å². The summed E-state index contributed by atoms with van der Waals surface area (Å²) in [5.74, 6) is 0. The molecule has 19 heavy (non-hydrogen) atoms. The van der Waals surface area contributed by atoms with E-state index in [-0.39, 0.29) is 0 Å². The van der Waals surface area contributed by atoms with Gasteiger partial charge < -0.3 is 5.32 Å². The average Bonchev–Trinajstić information content (AvgIpc) is 2.43. The first-order valence-electron chi connectivity index (χ1n) is 5.83. The van der Waals surface area contributed by atoms with Crippen LogP contribution in [0.5, 0.6) is 0 Å². The quantitative estimate of drug-likeness (QED) is 0.855. The largest absolute Gasteiger partial charge is 0.309 e. The second kappa shape index (κ2) is 6.85. The molecule has 1 N–H and O–H groups in total. The molecule has 0 saturated carbocycles. The molecule has 96 valence electrons. The van der Waals surface area contributed by atoms with Gasteiger partial charge in [0.1, 0.15) is 0 Å². The van der Waals surface area contributed by atoms with Crippen LogP contribution in [-0.4, -0.2) is 0 Å². The molecule has 2 aromatic rings. The summed E-state index contributed by atoms with van der Waals surface area (Å²) in [4.78, 5) is 0. The maximum atomic E-state index is 8.84. The van der Waals surface area contributed by atoms with Crippen LogP contribution in [0.15, 0.2) is 51.4 Å². The Balaban J connectivity index is 1.92. The third-order valence-electron chi connectivity index (χ3n) is 2.70. The molecule has 0 aliphatic carbocycles. The van der Waals surface area contributed by atoms with Gasteiger partial charge in [0.05, 0.1) is 11.6 Å². The van der Waals surface area contributed by atoms with E-state index in [4.69, 9.17) is 5.26 Å². The molecule has 0 unspecified atom stereocenters. The molecule has 0 amide bonds. The molecule has 2 aromatic carbocycles. The molecule has 0 radical (unpaired) electrons. The van der Waals surface area contributed by atoms with E-state index < -0.39 is 0 Å². The van der Waals surface area contributed by atoms with E-state index in [0.29, 0.717) is 5.56 Å². The topological polar surface area (TPSA) is 35.8 Å². The second-order valence-electron chi connectivity index (χ2n) is 4.16. The van der Waals surface area contributed by atoms with Crippen LogP contribution in [-0.2, 0) is 13.1 Å². The molecule has 0 atom stereocenters. The Morgan fingerprint density at radius 2 is 1.68 bits per heavy atom. The normalized spacial score (nSPS) is 10.2. The average molecular weight is 380 g/mol. The molecule has 4 heteroatoms. The summed E-state index contributed by atoms with van der Waals surface area (Å²) < 4.78 is 2.11. The van der Waals surface area contributed by atoms with Crippen molar-refractivity contribution >= 4 is 31.9 Å². The van der Waals surface area contributed by atoms with Crippen LogP contribution in [0.3, 0.4) is 0 Å². The molecule has 0 spiro atoms. The van der Waals surface area contributed by atoms with E-state index in [1.165, 1.54) is 5.56 Å². The Hall–Kier alpha value is -1.15. The van der Waals surface area contributed by atoms with Crippen molar-refractivity contribution in [3.05, 3.63) is 68.1 Å². The van der Waals surface area contributed by atoms with Gasteiger partial charge in [0.15, 0.2) is 0 Å². The predicted octanol–water partition coefficient (Wildman–Crippen LogP) is 4.37. The van der Waals surface area contributed by atoms with Gasteiger partial charge in [-0.1, -0.05) is 18.2 Å². The SMILES string of the molecule is N#Cc1cccc(CNCc2ccc(Br)c(Br)c2)c1. The van der Waals surface area contributed by atoms with E-state index in [1.807, 2.05) is 30.3 Å². The summed E-state index contributed by atoms with van der Waals surface area (Å²) in [6, 6.07) is 16.0. The zero-order chi connectivity index (χ0) is 13.7. The second-order valence-corrected chi connectivity index (χ2v) is 5.87. The fraction of sp³-hybridized carbons (Fsp3) is 0.133. The first kappa shape index (κ1) is 14.3. The van der Waals surface area contributed by atoms with Crippen molar-refractivity contribution in [2.24, 2.45) is 0 Å². The van der Waals surface area contributed by atoms with Crippen molar-refractivity contribution in [1.82, 2.24) is 5.32 Å². The van der Waals surface area contributed by atoms with Gasteiger partial charge in [-0.3, -0.25) is 0 Å². The first-order valence-corrected chi connectivity index (χ1v) is 7.41. The van der Waals surface area contributed by atoms with E-state index in [1.54, 1.807) is 0 Å². The summed E-state index contributed by atoms with van der Waals surface area (Å²) in [6.45, 7) is 1.55. The molecule has 0 saturated heterocycles. The highest BCUT2D eigenvalue weighted by molar-refractivity contribution is 9.13. The zero-order valence-electron chi connectivity index (χ0n) is 10.2. The minimum atomic E-state index is 0.700. The summed E-state index contributed by atoms with van der Waals surface area (Å²) in [5.41, 5.74) is 3.03. The van der Waals surface area contributed by atoms with Gasteiger partial charge in [0, 0.05) is 22.0 Å². The van der Waals surface area contributed by atoms with Gasteiger partial charge in [-0.25, -0.2) is 0 Å². The monoisotopic (exact) mass is 378 g/mol. The molecule has 2 nitrogen and oxygen atoms in total. The predicted molar refractivity (Wildman–Crippen MR) is 83.5 cm³/mol. The van der Waals surface area contributed by atoms with Gasteiger partial charge in [-0.15, -0.1) is 0 Å². The van der Waals surface area contributed by atoms with Crippen molar-refractivity contribution in [3.8, 4) is 6.07 Å². The maximum absolute atomic E-state index is 8.84. The highest BCUT2D eigenvalue weighted by atomic mass is 79.9. The fourth-order valence-electron chi connectivity index (χ4n) is 1.75. The Morgan fingerprint density at radius 1 is 0.947 bits per heavy atom. The van der Waals surface area contributed by atoms with E-state index >= 15 is 0 Å². The van der Waals surface area contributed by atoms with Crippen LogP contribution in [0, 0.1) is 11.3 Å². The molecule has 0 aromatic heterocycles. The lowest BCUT2D eigenvalue weighted by atomic mass is 10.1. The number of rotatable bonds is 4. The molecule has 0 bridgehead atoms. The van der Waals surface area contributed by atoms with Crippen LogP contribution in [0.1, 0.15) is 16.7 Å². The lowest BCUT2D eigenvalue weighted by Gasteiger charge is -2.06. The Kier molecular flexibility index (Phi) is 5.15. The molecule has 0 aliphatic heterocycles. The lowest BCUT2D eigenvalue weighted by molar-refractivity contribution is 0.693. The molecule has 0 aliphatic rings. The Morgan fingerprint density at radius 3 is 2.37 bits per heavy atom. The highest BCUT2D eigenvalue weighted by Crippen LogP contribution is 2.23. The van der Waals surface area contributed by atoms with Gasteiger partial charge in [0.25, 0.3) is 0 Å². The number of nitrogens with zero attached hydrogens (tertiary/aromatic N) is 1. The number of hydrogen-bond donors (Lipinski definition) is 1. The lowest BCUT2D eigenvalue weighted by Crippen LogP contribution is -2.12. The molecule has 2 rings (SSSR count). The number of hydrogen-bond acceptors (Lipinski definition) is 2. The summed E-state index contributed by atoms with van der Waals surface area (Å²) in [7, 11) is 0. The van der Waals surface area contributed by atoms with Gasteiger partial charge in [-0.2, -0.15) is 5.26 Å². The highest BCUT2D eigenvalue weighted by Gasteiger charge is 1.99. The fourth-order valence-corrected chi connectivity index (χ4v) is 2.42. The zero-order valence-corrected chi connectivity index (χ0v) is 13.3. The van der Waals surface area contributed by atoms with Crippen molar-refractivity contribution in [1.29, 1.82) is 5.26 Å². The number of nitrogens with one attached hydrogen (secondary N) is 1. The van der Waals surface area contributed by atoms with E-state index in [9.17, 15) is 0 Å². The van der Waals surface area contributed by atoms with Crippen LogP contribution in [0.4, 0.5) is 0 Å². The molecule has 0 heterocycles. The van der Waals surface area contributed by atoms with Crippen molar-refractivity contribution in [2.75, 3.05) is 0 Å². The van der Waals surface area contributed by atoms with Gasteiger partial charge in [0.2, 0.25) is 0 Å². The van der Waals surface area contributed by atoms with Crippen molar-refractivity contribution in [2.45, 2.75) is 13.1 Å². The first-order chi connectivity index (χ1) is 9.19. The third kappa shape index (κ3) is 4.17. The molecular weight excluding hydrogens is 368 g/mol. The summed E-state index contributed by atoms with van der Waals surface area (Å²) >= 11 is 6.94. The van der Waals surface area contributed by atoms with Crippen molar-refractivity contribution < 1.29 is 0 Å². The number of halogens is 2. The van der Waals surface area contributed by atoms with Crippen LogP contribution >= 0.6 is 31.9 Å². The Labute approximate surface area is 129 Å². The summed E-state index contributed by atoms with van der Waals surface area (Å²) in [6.07, 6.45) is 0. The smallest absolute Gasteiger partial charge is 0.0991 e. The van der Waals surface area contributed by atoms with Gasteiger partial charge in [-0.05, 0) is 67.3 Å². The van der Waals surface area contributed by atoms with E-state index in [0.717, 1.165) is 27.6 Å². The van der Waals surface area contributed by atoms with Crippen LogP contribution < -0.4 is 5.32 Å². The minimum absolute atomic E-state index is 0.700. The third-order valence-corrected chi connectivity index (χ3v) is 4.58. The Bertz CT molecular complexity index is 618. The number of benzene rings is 2. The van der Waals surface area contributed by atoms with Crippen LogP contribution in [0.2, 0.25) is 0 Å². The van der Waals surface area contributed by atoms with Crippen LogP contribution in [0.25, 0.3) is 0 Å². The van der Waals surface area contributed by atoms with Gasteiger partial charge >= 0.3 is 0 Å². The van der Waals surface area contributed by atoms with Crippen molar-refractivity contribution in [3.63, 3.8) is 0 Å². The number of nitriles is 1. The minimum Gasteiger partial charge on any atom is -0.309 e.